The van der Waals surface area contributed by atoms with Crippen molar-refractivity contribution in [2.75, 3.05) is 25.0 Å². The number of hydrogen-bond donors (Lipinski definition) is 1. The molecule has 0 aliphatic rings. The van der Waals surface area contributed by atoms with Crippen molar-refractivity contribution >= 4 is 39.1 Å². The minimum atomic E-state index is -4.15. The molecule has 2 amide bonds. The summed E-state index contributed by atoms with van der Waals surface area (Å²) in [6.07, 6.45) is 0.331. The van der Waals surface area contributed by atoms with Gasteiger partial charge in [0.25, 0.3) is 10.0 Å². The van der Waals surface area contributed by atoms with Crippen LogP contribution in [-0.4, -0.2) is 51.9 Å². The third kappa shape index (κ3) is 6.65. The zero-order chi connectivity index (χ0) is 27.9. The second-order valence-electron chi connectivity index (χ2n) is 8.67. The number of rotatable bonds is 11. The van der Waals surface area contributed by atoms with E-state index in [1.807, 2.05) is 6.07 Å². The summed E-state index contributed by atoms with van der Waals surface area (Å²) in [5, 5.41) is 2.98. The third-order valence-electron chi connectivity index (χ3n) is 6.17. The van der Waals surface area contributed by atoms with Crippen molar-refractivity contribution in [3.8, 4) is 5.75 Å². The Morgan fingerprint density at radius 1 is 1.03 bits per heavy atom. The first-order valence-electron chi connectivity index (χ1n) is 12.1. The molecule has 3 aromatic carbocycles. The van der Waals surface area contributed by atoms with Crippen LogP contribution in [0.15, 0.2) is 77.7 Å². The fourth-order valence-corrected chi connectivity index (χ4v) is 5.64. The first-order chi connectivity index (χ1) is 18.1. The monoisotopic (exact) mass is 557 g/mol. The van der Waals surface area contributed by atoms with Crippen LogP contribution in [0.4, 0.5) is 5.69 Å². The smallest absolute Gasteiger partial charge is 0.264 e. The Morgan fingerprint density at radius 3 is 2.34 bits per heavy atom. The molecular formula is C28H32ClN3O5S. The summed E-state index contributed by atoms with van der Waals surface area (Å²) in [6.45, 7) is 3.15. The molecule has 8 nitrogen and oxygen atoms in total. The number of nitrogens with zero attached hydrogens (tertiary/aromatic N) is 2. The van der Waals surface area contributed by atoms with Crippen LogP contribution in [0.5, 0.6) is 5.75 Å². The molecule has 3 rings (SSSR count). The van der Waals surface area contributed by atoms with Crippen molar-refractivity contribution < 1.29 is 22.7 Å². The second-order valence-corrected chi connectivity index (χ2v) is 10.9. The van der Waals surface area contributed by atoms with Gasteiger partial charge >= 0.3 is 0 Å². The maximum atomic E-state index is 13.9. The maximum Gasteiger partial charge on any atom is 0.264 e. The number of carbonyl (C=O) groups is 2. The number of amides is 2. The summed E-state index contributed by atoms with van der Waals surface area (Å²) in [4.78, 5) is 28.1. The predicted molar refractivity (Wildman–Crippen MR) is 149 cm³/mol. The fraction of sp³-hybridized carbons (Fsp3) is 0.286. The molecule has 0 unspecified atom stereocenters. The third-order valence-corrected chi connectivity index (χ3v) is 8.37. The van der Waals surface area contributed by atoms with Gasteiger partial charge in [-0.15, -0.1) is 0 Å². The molecule has 0 saturated heterocycles. The Labute approximate surface area is 229 Å². The number of carbonyl (C=O) groups excluding carboxylic acids is 2. The fourth-order valence-electron chi connectivity index (χ4n) is 4.04. The summed E-state index contributed by atoms with van der Waals surface area (Å²) in [5.74, 6) is -0.287. The highest BCUT2D eigenvalue weighted by Crippen LogP contribution is 2.29. The van der Waals surface area contributed by atoms with Crippen molar-refractivity contribution in [2.24, 2.45) is 0 Å². The van der Waals surface area contributed by atoms with Crippen LogP contribution < -0.4 is 14.4 Å². The van der Waals surface area contributed by atoms with E-state index in [-0.39, 0.29) is 23.0 Å². The average molecular weight is 558 g/mol. The minimum Gasteiger partial charge on any atom is -0.497 e. The van der Waals surface area contributed by atoms with Crippen LogP contribution in [0, 0.1) is 6.92 Å². The van der Waals surface area contributed by atoms with Crippen LogP contribution >= 0.6 is 11.6 Å². The Hall–Kier alpha value is -3.56. The van der Waals surface area contributed by atoms with E-state index in [4.69, 9.17) is 16.3 Å². The molecule has 202 valence electrons. The minimum absolute atomic E-state index is 0.0298. The number of sulfonamides is 1. The number of aryl methyl sites for hydroxylation is 1. The highest BCUT2D eigenvalue weighted by Gasteiger charge is 2.33. The second kappa shape index (κ2) is 12.8. The van der Waals surface area contributed by atoms with Gasteiger partial charge in [0.05, 0.1) is 17.7 Å². The van der Waals surface area contributed by atoms with Gasteiger partial charge in [0.1, 0.15) is 18.3 Å². The van der Waals surface area contributed by atoms with Crippen LogP contribution in [-0.2, 0) is 26.2 Å². The highest BCUT2D eigenvalue weighted by atomic mass is 35.5. The number of likely N-dealkylation sites (N-methyl/N-ethyl adjacent to an activating group) is 1. The quantitative estimate of drug-likeness (QED) is 0.377. The first kappa shape index (κ1) is 29.0. The lowest BCUT2D eigenvalue weighted by molar-refractivity contribution is -0.140. The number of nitrogens with one attached hydrogen (secondary N) is 1. The molecule has 3 aromatic rings. The van der Waals surface area contributed by atoms with Crippen molar-refractivity contribution in [3.05, 3.63) is 88.9 Å². The predicted octanol–water partition coefficient (Wildman–Crippen LogP) is 4.41. The highest BCUT2D eigenvalue weighted by molar-refractivity contribution is 7.92. The van der Waals surface area contributed by atoms with E-state index in [9.17, 15) is 18.0 Å². The van der Waals surface area contributed by atoms with E-state index in [1.165, 1.54) is 30.1 Å². The van der Waals surface area contributed by atoms with E-state index >= 15 is 0 Å². The first-order valence-corrected chi connectivity index (χ1v) is 13.9. The van der Waals surface area contributed by atoms with Crippen LogP contribution in [0.3, 0.4) is 0 Å². The largest absolute Gasteiger partial charge is 0.497 e. The van der Waals surface area contributed by atoms with Crippen LogP contribution in [0.25, 0.3) is 0 Å². The zero-order valence-electron chi connectivity index (χ0n) is 21.8. The molecule has 0 bridgehead atoms. The summed E-state index contributed by atoms with van der Waals surface area (Å²) in [7, 11) is -1.11. The lowest BCUT2D eigenvalue weighted by Gasteiger charge is -2.33. The van der Waals surface area contributed by atoms with Crippen LogP contribution in [0.1, 0.15) is 24.5 Å². The summed E-state index contributed by atoms with van der Waals surface area (Å²) in [6, 6.07) is 19.0. The number of halogens is 1. The Balaban J connectivity index is 2.07. The summed E-state index contributed by atoms with van der Waals surface area (Å²) in [5.41, 5.74) is 1.74. The van der Waals surface area contributed by atoms with E-state index < -0.39 is 28.5 Å². The SMILES string of the molecule is CC[C@@H](C(=O)NC)N(Cc1cccc(OC)c1)C(=O)CN(c1ccc(C)c(Cl)c1)S(=O)(=O)c1ccccc1. The van der Waals surface area contributed by atoms with Gasteiger partial charge in [-0.3, -0.25) is 13.9 Å². The zero-order valence-corrected chi connectivity index (χ0v) is 23.4. The van der Waals surface area contributed by atoms with Crippen molar-refractivity contribution in [2.45, 2.75) is 37.8 Å². The Bertz CT molecular complexity index is 1380. The molecule has 0 aromatic heterocycles. The molecule has 10 heteroatoms. The van der Waals surface area contributed by atoms with Crippen molar-refractivity contribution in [1.29, 1.82) is 0 Å². The van der Waals surface area contributed by atoms with E-state index in [0.29, 0.717) is 17.2 Å². The van der Waals surface area contributed by atoms with Gasteiger partial charge in [-0.25, -0.2) is 8.42 Å². The number of methoxy groups -OCH3 is 1. The van der Waals surface area contributed by atoms with Gasteiger partial charge in [-0.1, -0.05) is 54.9 Å². The normalized spacial score (nSPS) is 11.9. The van der Waals surface area contributed by atoms with Gasteiger partial charge in [0, 0.05) is 18.6 Å². The van der Waals surface area contributed by atoms with Gasteiger partial charge in [-0.05, 0) is 60.9 Å². The van der Waals surface area contributed by atoms with Crippen LogP contribution in [0.2, 0.25) is 5.02 Å². The summed E-state index contributed by atoms with van der Waals surface area (Å²) >= 11 is 6.34. The lowest BCUT2D eigenvalue weighted by atomic mass is 10.1. The molecule has 0 radical (unpaired) electrons. The van der Waals surface area contributed by atoms with Crippen molar-refractivity contribution in [3.63, 3.8) is 0 Å². The molecule has 0 heterocycles. The molecule has 0 aliphatic heterocycles. The standard InChI is InChI=1S/C28H32ClN3O5S/c1-5-26(28(34)30-3)31(18-21-10-9-11-23(16-21)37-4)27(33)19-32(22-15-14-20(2)25(29)17-22)38(35,36)24-12-7-6-8-13-24/h6-17,26H,5,18-19H2,1-4H3,(H,30,34)/t26-/m0/s1. The number of benzene rings is 3. The number of ether oxygens (including phenoxy) is 1. The van der Waals surface area contributed by atoms with Gasteiger partial charge in [0.2, 0.25) is 11.8 Å². The number of anilines is 1. The molecule has 0 aliphatic carbocycles. The summed E-state index contributed by atoms with van der Waals surface area (Å²) < 4.78 is 33.9. The molecule has 0 fully saturated rings. The van der Waals surface area contributed by atoms with Gasteiger partial charge in [0.15, 0.2) is 0 Å². The van der Waals surface area contributed by atoms with Gasteiger partial charge < -0.3 is 15.0 Å². The Kier molecular flexibility index (Phi) is 9.77. The lowest BCUT2D eigenvalue weighted by Crippen LogP contribution is -2.51. The topological polar surface area (TPSA) is 96.0 Å². The number of hydrogen-bond acceptors (Lipinski definition) is 5. The molecular weight excluding hydrogens is 526 g/mol. The van der Waals surface area contributed by atoms with Crippen molar-refractivity contribution in [1.82, 2.24) is 10.2 Å². The molecule has 38 heavy (non-hydrogen) atoms. The molecule has 1 atom stereocenters. The van der Waals surface area contributed by atoms with E-state index in [0.717, 1.165) is 15.4 Å². The van der Waals surface area contributed by atoms with E-state index in [2.05, 4.69) is 5.32 Å². The van der Waals surface area contributed by atoms with Gasteiger partial charge in [-0.2, -0.15) is 0 Å². The maximum absolute atomic E-state index is 13.9. The molecule has 1 N–H and O–H groups in total. The Morgan fingerprint density at radius 2 is 1.74 bits per heavy atom. The average Bonchev–Trinajstić information content (AvgIpc) is 2.93. The van der Waals surface area contributed by atoms with E-state index in [1.54, 1.807) is 69.5 Å². The molecule has 0 saturated carbocycles. The molecule has 0 spiro atoms.